The van der Waals surface area contributed by atoms with E-state index >= 15 is 0 Å². The third-order valence-electron chi connectivity index (χ3n) is 2.49. The van der Waals surface area contributed by atoms with Crippen LogP contribution in [0.4, 0.5) is 0 Å². The van der Waals surface area contributed by atoms with E-state index in [1.165, 1.54) is 16.3 Å². The quantitative estimate of drug-likeness (QED) is 0.483. The molecular formula is C13H15Cl2Zr. The maximum atomic E-state index is 2.26. The van der Waals surface area contributed by atoms with Gasteiger partial charge < -0.3 is 24.8 Å². The molecular weight excluding hydrogens is 318 g/mol. The fourth-order valence-corrected chi connectivity index (χ4v) is 1.80. The number of benzene rings is 1. The monoisotopic (exact) mass is 331 g/mol. The Bertz CT molecular complexity index is 427. The van der Waals surface area contributed by atoms with Gasteiger partial charge in [0.15, 0.2) is 0 Å². The van der Waals surface area contributed by atoms with Crippen molar-refractivity contribution in [2.75, 3.05) is 0 Å². The van der Waals surface area contributed by atoms with Gasteiger partial charge in [0.05, 0.1) is 0 Å². The average Bonchev–Trinajstić information content (AvgIpc) is 2.45. The molecule has 0 aromatic heterocycles. The van der Waals surface area contributed by atoms with Gasteiger partial charge in [-0.2, -0.15) is 0 Å². The molecule has 16 heavy (non-hydrogen) atoms. The first-order chi connectivity index (χ1) is 6.09. The molecule has 0 bridgehead atoms. The van der Waals surface area contributed by atoms with Crippen LogP contribution in [0.2, 0.25) is 0 Å². The molecule has 2 rings (SSSR count). The fraction of sp³-hybridized carbons (Fsp3) is 0.308. The summed E-state index contributed by atoms with van der Waals surface area (Å²) in [7, 11) is 0. The Balaban J connectivity index is 0. The van der Waals surface area contributed by atoms with Crippen LogP contribution in [-0.2, 0) is 31.6 Å². The van der Waals surface area contributed by atoms with Crippen LogP contribution < -0.4 is 24.8 Å². The minimum Gasteiger partial charge on any atom is -1.00 e. The van der Waals surface area contributed by atoms with Crippen molar-refractivity contribution in [3.05, 3.63) is 42.0 Å². The predicted molar refractivity (Wildman–Crippen MR) is 58.2 cm³/mol. The van der Waals surface area contributed by atoms with Crippen LogP contribution in [0.15, 0.2) is 36.4 Å². The van der Waals surface area contributed by atoms with Crippen molar-refractivity contribution in [2.24, 2.45) is 0 Å². The van der Waals surface area contributed by atoms with E-state index in [2.05, 4.69) is 57.2 Å². The van der Waals surface area contributed by atoms with E-state index in [1.807, 2.05) is 0 Å². The largest absolute Gasteiger partial charge is 3.00 e. The number of hydrogen-bond acceptors (Lipinski definition) is 0. The zero-order chi connectivity index (χ0) is 9.47. The van der Waals surface area contributed by atoms with Gasteiger partial charge in [0, 0.05) is 0 Å². The van der Waals surface area contributed by atoms with E-state index in [0.717, 1.165) is 0 Å². The summed E-state index contributed by atoms with van der Waals surface area (Å²) < 4.78 is 0. The van der Waals surface area contributed by atoms with Gasteiger partial charge in [-0.05, 0) is 0 Å². The molecule has 0 spiro atoms. The molecule has 0 unspecified atom stereocenters. The van der Waals surface area contributed by atoms with Crippen LogP contribution in [0.25, 0.3) is 10.8 Å². The maximum Gasteiger partial charge on any atom is 3.00 e. The van der Waals surface area contributed by atoms with Gasteiger partial charge in [-0.1, -0.05) is 32.3 Å². The standard InChI is InChI=1S/C13H15.2ClH.Zr/c1-13(2,3)12-9-8-10-6-4-5-7-11(10)12;;;/h4-9H,1-3H3;2*1H;/q-1;;;+3/p-2. The van der Waals surface area contributed by atoms with Crippen molar-refractivity contribution in [1.82, 2.24) is 0 Å². The topological polar surface area (TPSA) is 0 Å². The maximum absolute atomic E-state index is 2.26. The average molecular weight is 333 g/mol. The Labute approximate surface area is 129 Å². The van der Waals surface area contributed by atoms with Gasteiger partial charge in [-0.15, -0.1) is 46.7 Å². The molecule has 1 radical (unpaired) electrons. The van der Waals surface area contributed by atoms with Crippen LogP contribution in [0.1, 0.15) is 26.3 Å². The van der Waals surface area contributed by atoms with Crippen LogP contribution in [0.5, 0.6) is 0 Å². The van der Waals surface area contributed by atoms with E-state index in [4.69, 9.17) is 0 Å². The van der Waals surface area contributed by atoms with Gasteiger partial charge in [0.25, 0.3) is 0 Å². The molecule has 0 aliphatic carbocycles. The van der Waals surface area contributed by atoms with Crippen LogP contribution in [-0.4, -0.2) is 0 Å². The molecule has 0 fully saturated rings. The minimum absolute atomic E-state index is 0. The van der Waals surface area contributed by atoms with Crippen LogP contribution in [0, 0.1) is 0 Å². The molecule has 0 heterocycles. The van der Waals surface area contributed by atoms with E-state index < -0.39 is 0 Å². The van der Waals surface area contributed by atoms with Crippen molar-refractivity contribution >= 4 is 10.8 Å². The number of halogens is 2. The van der Waals surface area contributed by atoms with E-state index in [9.17, 15) is 0 Å². The summed E-state index contributed by atoms with van der Waals surface area (Å²) in [5.41, 5.74) is 1.70. The molecule has 0 nitrogen and oxygen atoms in total. The second kappa shape index (κ2) is 6.89. The normalized spacial score (nSPS) is 9.94. The smallest absolute Gasteiger partial charge is 1.00 e. The third-order valence-corrected chi connectivity index (χ3v) is 2.49. The van der Waals surface area contributed by atoms with Crippen LogP contribution >= 0.6 is 0 Å². The van der Waals surface area contributed by atoms with Gasteiger partial charge in [-0.25, -0.2) is 0 Å². The first-order valence-corrected chi connectivity index (χ1v) is 4.74. The Hall–Kier alpha value is 0.293. The summed E-state index contributed by atoms with van der Waals surface area (Å²) in [6.07, 6.45) is 0. The Morgan fingerprint density at radius 1 is 1.00 bits per heavy atom. The molecule has 0 atom stereocenters. The second-order valence-electron chi connectivity index (χ2n) is 4.58. The minimum atomic E-state index is 0. The Morgan fingerprint density at radius 2 is 1.56 bits per heavy atom. The molecule has 0 amide bonds. The Kier molecular flexibility index (Phi) is 8.03. The number of fused-ring (bicyclic) bond motifs is 1. The molecule has 0 N–H and O–H groups in total. The summed E-state index contributed by atoms with van der Waals surface area (Å²) in [4.78, 5) is 0. The van der Waals surface area contributed by atoms with Gasteiger partial charge >= 0.3 is 26.2 Å². The Morgan fingerprint density at radius 3 is 2.12 bits per heavy atom. The number of hydrogen-bond donors (Lipinski definition) is 0. The first-order valence-electron chi connectivity index (χ1n) is 4.74. The van der Waals surface area contributed by atoms with E-state index in [-0.39, 0.29) is 56.4 Å². The van der Waals surface area contributed by atoms with E-state index in [0.29, 0.717) is 0 Å². The molecule has 2 aromatic carbocycles. The summed E-state index contributed by atoms with van der Waals surface area (Å²) in [6, 6.07) is 13.0. The zero-order valence-corrected chi connectivity index (χ0v) is 13.7. The SMILES string of the molecule is CC(C)(C)c1c[cH-]c2ccccc12.[Cl-].[Cl-].[Zr+3]. The molecule has 0 saturated heterocycles. The summed E-state index contributed by atoms with van der Waals surface area (Å²) in [5.74, 6) is 0. The van der Waals surface area contributed by atoms with Gasteiger partial charge in [0.1, 0.15) is 0 Å². The molecule has 2 aromatic rings. The van der Waals surface area contributed by atoms with E-state index in [1.54, 1.807) is 0 Å². The number of rotatable bonds is 0. The predicted octanol–water partition coefficient (Wildman–Crippen LogP) is -2.14. The zero-order valence-electron chi connectivity index (χ0n) is 9.72. The van der Waals surface area contributed by atoms with Crippen molar-refractivity contribution in [2.45, 2.75) is 26.2 Å². The molecule has 0 saturated carbocycles. The summed E-state index contributed by atoms with van der Waals surface area (Å²) in [6.45, 7) is 6.78. The van der Waals surface area contributed by atoms with Crippen molar-refractivity contribution < 1.29 is 51.0 Å². The summed E-state index contributed by atoms with van der Waals surface area (Å²) in [5, 5.41) is 2.75. The van der Waals surface area contributed by atoms with Gasteiger partial charge in [0.2, 0.25) is 0 Å². The van der Waals surface area contributed by atoms with Crippen LogP contribution in [0.3, 0.4) is 0 Å². The van der Waals surface area contributed by atoms with Crippen molar-refractivity contribution in [1.29, 1.82) is 0 Å². The fourth-order valence-electron chi connectivity index (χ4n) is 1.80. The van der Waals surface area contributed by atoms with Crippen molar-refractivity contribution in [3.8, 4) is 0 Å². The van der Waals surface area contributed by atoms with Gasteiger partial charge in [-0.3, -0.25) is 0 Å². The molecule has 0 aliphatic heterocycles. The second-order valence-corrected chi connectivity index (χ2v) is 4.58. The first kappa shape index (κ1) is 18.7. The molecule has 85 valence electrons. The molecule has 3 heteroatoms. The van der Waals surface area contributed by atoms with Crippen molar-refractivity contribution in [3.63, 3.8) is 0 Å². The third kappa shape index (κ3) is 3.65. The summed E-state index contributed by atoms with van der Waals surface area (Å²) >= 11 is 0. The molecule has 0 aliphatic rings.